The summed E-state index contributed by atoms with van der Waals surface area (Å²) in [5.41, 5.74) is 2.17. The minimum atomic E-state index is -0.823. The zero-order valence-corrected chi connectivity index (χ0v) is 13.5. The van der Waals surface area contributed by atoms with Crippen LogP contribution in [0.5, 0.6) is 5.75 Å². The van der Waals surface area contributed by atoms with Crippen LogP contribution >= 0.6 is 0 Å². The lowest BCUT2D eigenvalue weighted by molar-refractivity contribution is -0.124. The van der Waals surface area contributed by atoms with Gasteiger partial charge in [0.25, 0.3) is 5.91 Å². The summed E-state index contributed by atoms with van der Waals surface area (Å²) < 4.78 is 10.6. The maximum Gasteiger partial charge on any atom is 0.267 e. The van der Waals surface area contributed by atoms with Gasteiger partial charge in [-0.3, -0.25) is 10.0 Å². The third-order valence-corrected chi connectivity index (χ3v) is 3.21. The van der Waals surface area contributed by atoms with E-state index < -0.39 is 18.1 Å². The van der Waals surface area contributed by atoms with Crippen LogP contribution in [0.4, 0.5) is 0 Å². The van der Waals surface area contributed by atoms with Gasteiger partial charge in [0.1, 0.15) is 18.5 Å². The van der Waals surface area contributed by atoms with Crippen LogP contribution in [-0.2, 0) is 9.53 Å². The maximum atomic E-state index is 10.8. The first kappa shape index (κ1) is 19.9. The van der Waals surface area contributed by atoms with E-state index >= 15 is 0 Å². The highest BCUT2D eigenvalue weighted by Gasteiger charge is 2.19. The number of nitrogens with one attached hydrogen (secondary N) is 1. The van der Waals surface area contributed by atoms with E-state index in [0.717, 1.165) is 0 Å². The quantitative estimate of drug-likeness (QED) is 0.220. The molecule has 2 atom stereocenters. The number of amides is 1. The number of allylic oxidation sites excluding steroid dienone is 2. The van der Waals surface area contributed by atoms with Crippen LogP contribution < -0.4 is 10.2 Å². The van der Waals surface area contributed by atoms with Crippen molar-refractivity contribution in [2.24, 2.45) is 0 Å². The van der Waals surface area contributed by atoms with E-state index in [2.05, 4.69) is 0 Å². The highest BCUT2D eigenvalue weighted by molar-refractivity contribution is 5.86. The summed E-state index contributed by atoms with van der Waals surface area (Å²) in [5, 5.41) is 27.4. The molecule has 0 heterocycles. The molecule has 0 spiro atoms. The number of carbonyl (C=O) groups excluding carboxylic acids is 1. The van der Waals surface area contributed by atoms with Gasteiger partial charge in [-0.1, -0.05) is 30.4 Å². The van der Waals surface area contributed by atoms with Crippen molar-refractivity contribution >= 4 is 5.91 Å². The number of aliphatic hydroxyl groups excluding tert-OH is 2. The number of carbonyl (C=O) groups is 1. The molecule has 132 valence electrons. The summed E-state index contributed by atoms with van der Waals surface area (Å²) in [4.78, 5) is 10.8. The topological polar surface area (TPSA) is 108 Å². The third kappa shape index (κ3) is 6.93. The molecular formula is C17H23NO6. The fraction of sp³-hybridized carbons (Fsp3) is 0.353. The SMILES string of the molecule is CO[C@H](C/C=C/C=C/C(=O)NO)[C@H](O)c1ccc(OCCO)cc1. The van der Waals surface area contributed by atoms with E-state index in [-0.39, 0.29) is 13.2 Å². The minimum Gasteiger partial charge on any atom is -0.491 e. The van der Waals surface area contributed by atoms with E-state index in [9.17, 15) is 9.90 Å². The van der Waals surface area contributed by atoms with Crippen LogP contribution in [0.15, 0.2) is 48.6 Å². The Kier molecular flexibility index (Phi) is 9.40. The van der Waals surface area contributed by atoms with Gasteiger partial charge in [-0.05, 0) is 24.1 Å². The number of aliphatic hydroxyl groups is 2. The van der Waals surface area contributed by atoms with Gasteiger partial charge in [0.2, 0.25) is 0 Å². The standard InChI is InChI=1S/C17H23NO6/c1-23-15(5-3-2-4-6-16(20)18-22)17(21)13-7-9-14(10-8-13)24-12-11-19/h2-4,6-10,15,17,19,21-22H,5,11-12H2,1H3,(H,18,20)/b3-2+,6-4+/t15-,17-/m1/s1. The van der Waals surface area contributed by atoms with E-state index in [1.807, 2.05) is 0 Å². The zero-order chi connectivity index (χ0) is 17.8. The van der Waals surface area contributed by atoms with Crippen molar-refractivity contribution in [1.82, 2.24) is 5.48 Å². The molecule has 0 unspecified atom stereocenters. The molecule has 0 aromatic heterocycles. The van der Waals surface area contributed by atoms with Crippen molar-refractivity contribution < 1.29 is 29.7 Å². The molecule has 1 amide bonds. The van der Waals surface area contributed by atoms with Crippen molar-refractivity contribution in [3.05, 3.63) is 54.1 Å². The molecule has 1 aromatic carbocycles. The van der Waals surface area contributed by atoms with Crippen LogP contribution in [0.1, 0.15) is 18.1 Å². The number of rotatable bonds is 10. The Labute approximate surface area is 140 Å². The van der Waals surface area contributed by atoms with Gasteiger partial charge in [0, 0.05) is 13.2 Å². The maximum absolute atomic E-state index is 10.8. The normalized spacial score (nSPS) is 14.0. The molecule has 0 saturated heterocycles. The number of methoxy groups -OCH3 is 1. The van der Waals surface area contributed by atoms with Crippen LogP contribution in [0.2, 0.25) is 0 Å². The Bertz CT molecular complexity index is 541. The average Bonchev–Trinajstić information content (AvgIpc) is 2.62. The first-order chi connectivity index (χ1) is 11.6. The monoisotopic (exact) mass is 337 g/mol. The smallest absolute Gasteiger partial charge is 0.267 e. The highest BCUT2D eigenvalue weighted by atomic mass is 16.5. The predicted molar refractivity (Wildman–Crippen MR) is 87.6 cm³/mol. The largest absolute Gasteiger partial charge is 0.491 e. The highest BCUT2D eigenvalue weighted by Crippen LogP contribution is 2.23. The number of hydrogen-bond acceptors (Lipinski definition) is 6. The number of ether oxygens (including phenoxy) is 2. The van der Waals surface area contributed by atoms with Gasteiger partial charge in [0.15, 0.2) is 0 Å². The molecule has 0 saturated carbocycles. The van der Waals surface area contributed by atoms with E-state index in [1.54, 1.807) is 36.4 Å². The van der Waals surface area contributed by atoms with Crippen molar-refractivity contribution in [3.8, 4) is 5.75 Å². The van der Waals surface area contributed by atoms with Crippen molar-refractivity contribution in [2.75, 3.05) is 20.3 Å². The molecule has 7 heteroatoms. The van der Waals surface area contributed by atoms with E-state index in [0.29, 0.717) is 17.7 Å². The summed E-state index contributed by atoms with van der Waals surface area (Å²) in [5.74, 6) is -0.00681. The molecule has 7 nitrogen and oxygen atoms in total. The lowest BCUT2D eigenvalue weighted by Gasteiger charge is -2.21. The minimum absolute atomic E-state index is 0.0587. The zero-order valence-electron chi connectivity index (χ0n) is 13.5. The molecule has 24 heavy (non-hydrogen) atoms. The molecule has 0 fully saturated rings. The summed E-state index contributed by atoms with van der Waals surface area (Å²) in [6, 6.07) is 6.90. The molecule has 1 rings (SSSR count). The lowest BCUT2D eigenvalue weighted by Crippen LogP contribution is -2.20. The fourth-order valence-corrected chi connectivity index (χ4v) is 1.96. The number of hydrogen-bond donors (Lipinski definition) is 4. The molecule has 4 N–H and O–H groups in total. The van der Waals surface area contributed by atoms with Gasteiger partial charge in [-0.15, -0.1) is 0 Å². The molecule has 1 aromatic rings. The average molecular weight is 337 g/mol. The van der Waals surface area contributed by atoms with Gasteiger partial charge in [0.05, 0.1) is 12.7 Å². The van der Waals surface area contributed by atoms with Crippen LogP contribution in [0, 0.1) is 0 Å². The first-order valence-corrected chi connectivity index (χ1v) is 7.44. The predicted octanol–water partition coefficient (Wildman–Crippen LogP) is 1.11. The van der Waals surface area contributed by atoms with Crippen LogP contribution in [0.3, 0.4) is 0 Å². The summed E-state index contributed by atoms with van der Waals surface area (Å²) in [6.45, 7) is 0.159. The van der Waals surface area contributed by atoms with Crippen LogP contribution in [0.25, 0.3) is 0 Å². The Balaban J connectivity index is 2.59. The fourth-order valence-electron chi connectivity index (χ4n) is 1.96. The first-order valence-electron chi connectivity index (χ1n) is 7.44. The summed E-state index contributed by atoms with van der Waals surface area (Å²) >= 11 is 0. The van der Waals surface area contributed by atoms with Gasteiger partial charge in [-0.25, -0.2) is 5.48 Å². The molecule has 0 aliphatic rings. The molecular weight excluding hydrogens is 314 g/mol. The van der Waals surface area contributed by atoms with Gasteiger partial charge < -0.3 is 19.7 Å². The van der Waals surface area contributed by atoms with Crippen molar-refractivity contribution in [2.45, 2.75) is 18.6 Å². The van der Waals surface area contributed by atoms with E-state index in [1.165, 1.54) is 24.7 Å². The summed E-state index contributed by atoms with van der Waals surface area (Å²) in [6.07, 6.45) is 5.17. The number of benzene rings is 1. The van der Waals surface area contributed by atoms with Crippen LogP contribution in [-0.4, -0.2) is 47.8 Å². The Morgan fingerprint density at radius 1 is 1.29 bits per heavy atom. The van der Waals surface area contributed by atoms with Crippen molar-refractivity contribution in [1.29, 1.82) is 0 Å². The second-order valence-electron chi connectivity index (χ2n) is 4.86. The van der Waals surface area contributed by atoms with Gasteiger partial charge >= 0.3 is 0 Å². The second-order valence-corrected chi connectivity index (χ2v) is 4.86. The number of hydroxylamine groups is 1. The molecule has 0 aliphatic carbocycles. The summed E-state index contributed by atoms with van der Waals surface area (Å²) in [7, 11) is 1.51. The Hall–Kier alpha value is -2.19. The molecule has 0 bridgehead atoms. The molecule has 0 aliphatic heterocycles. The lowest BCUT2D eigenvalue weighted by atomic mass is 10.0. The Morgan fingerprint density at radius 2 is 2.00 bits per heavy atom. The third-order valence-electron chi connectivity index (χ3n) is 3.21. The molecule has 0 radical (unpaired) electrons. The van der Waals surface area contributed by atoms with E-state index in [4.69, 9.17) is 19.8 Å². The second kappa shape index (κ2) is 11.4. The Morgan fingerprint density at radius 3 is 2.58 bits per heavy atom. The van der Waals surface area contributed by atoms with Crippen molar-refractivity contribution in [3.63, 3.8) is 0 Å². The van der Waals surface area contributed by atoms with Gasteiger partial charge in [-0.2, -0.15) is 0 Å².